The van der Waals surface area contributed by atoms with Crippen LogP contribution in [0.5, 0.6) is 0 Å². The Bertz CT molecular complexity index is 889. The monoisotopic (exact) mass is 410 g/mol. The molecule has 2 saturated heterocycles. The summed E-state index contributed by atoms with van der Waals surface area (Å²) in [6.45, 7) is 8.47. The molecular formula is C24H30N2O4. The predicted octanol–water partition coefficient (Wildman–Crippen LogP) is 2.83. The number of fused-ring (bicyclic) bond motifs is 1. The highest BCUT2D eigenvalue weighted by Crippen LogP contribution is 2.42. The van der Waals surface area contributed by atoms with Crippen LogP contribution in [0, 0.1) is 12.3 Å². The molecule has 5 rings (SSSR count). The molecule has 1 aromatic carbocycles. The first-order valence-corrected chi connectivity index (χ1v) is 11.2. The molecule has 1 spiro atoms. The molecular weight excluding hydrogens is 380 g/mol. The van der Waals surface area contributed by atoms with Crippen molar-refractivity contribution >= 4 is 11.9 Å². The third-order valence-corrected chi connectivity index (χ3v) is 7.77. The molecule has 0 atom stereocenters. The summed E-state index contributed by atoms with van der Waals surface area (Å²) >= 11 is 0. The van der Waals surface area contributed by atoms with Crippen LogP contribution in [0.1, 0.15) is 52.7 Å². The van der Waals surface area contributed by atoms with E-state index < -0.39 is 0 Å². The van der Waals surface area contributed by atoms with E-state index in [2.05, 4.69) is 22.8 Å². The lowest BCUT2D eigenvalue weighted by molar-refractivity contribution is -0.135. The largest absolute Gasteiger partial charge is 0.457 e. The van der Waals surface area contributed by atoms with E-state index in [0.29, 0.717) is 18.6 Å². The summed E-state index contributed by atoms with van der Waals surface area (Å²) < 4.78 is 10.3. The lowest BCUT2D eigenvalue weighted by atomic mass is 9.71. The average Bonchev–Trinajstić information content (AvgIpc) is 3.36. The summed E-state index contributed by atoms with van der Waals surface area (Å²) in [5.41, 5.74) is 5.91. The first-order chi connectivity index (χ1) is 14.5. The van der Waals surface area contributed by atoms with Gasteiger partial charge in [-0.2, -0.15) is 0 Å². The van der Waals surface area contributed by atoms with E-state index in [-0.39, 0.29) is 11.9 Å². The number of likely N-dealkylation sites (tertiary alicyclic amines) is 2. The van der Waals surface area contributed by atoms with Crippen molar-refractivity contribution in [3.8, 4) is 0 Å². The lowest BCUT2D eigenvalue weighted by Crippen LogP contribution is -2.47. The van der Waals surface area contributed by atoms with Crippen LogP contribution in [0.3, 0.4) is 0 Å². The van der Waals surface area contributed by atoms with Gasteiger partial charge in [0, 0.05) is 31.3 Å². The first-order valence-electron chi connectivity index (χ1n) is 11.2. The molecule has 0 unspecified atom stereocenters. The van der Waals surface area contributed by atoms with Gasteiger partial charge in [0.2, 0.25) is 0 Å². The van der Waals surface area contributed by atoms with Crippen molar-refractivity contribution in [1.29, 1.82) is 0 Å². The summed E-state index contributed by atoms with van der Waals surface area (Å²) in [5, 5.41) is 0. The molecule has 6 nitrogen and oxygen atoms in total. The quantitative estimate of drug-likeness (QED) is 0.712. The fraction of sp³-hybridized carbons (Fsp3) is 0.583. The van der Waals surface area contributed by atoms with E-state index in [9.17, 15) is 9.59 Å². The fourth-order valence-corrected chi connectivity index (χ4v) is 5.51. The highest BCUT2D eigenvalue weighted by molar-refractivity contribution is 5.93. The highest BCUT2D eigenvalue weighted by Gasteiger charge is 2.38. The number of carbonyl (C=O) groups excluding carboxylic acids is 2. The van der Waals surface area contributed by atoms with Crippen LogP contribution >= 0.6 is 0 Å². The zero-order chi connectivity index (χ0) is 20.7. The number of hydrogen-bond acceptors (Lipinski definition) is 6. The molecule has 0 aliphatic carbocycles. The third kappa shape index (κ3) is 3.62. The van der Waals surface area contributed by atoms with Gasteiger partial charge in [-0.1, -0.05) is 6.07 Å². The standard InChI is InChI=1S/C24H30N2O4/c1-17-18(2-3-20-21(17)16-30-23(20)28)4-9-25-10-5-24(6-11-25)7-12-26(13-8-24)19-14-22(27)29-15-19/h2-3,14H,4-13,15-16H2,1H3. The molecule has 0 aromatic heterocycles. The smallest absolute Gasteiger partial charge is 0.338 e. The molecule has 1 aromatic rings. The SMILES string of the molecule is Cc1c(CCN2CCC3(CC2)CCN(C2=CC(=O)OC2)CC3)ccc2c1COC2=O. The topological polar surface area (TPSA) is 59.1 Å². The average molecular weight is 411 g/mol. The Balaban J connectivity index is 1.12. The summed E-state index contributed by atoms with van der Waals surface area (Å²) in [6.07, 6.45) is 7.64. The Hall–Kier alpha value is -2.34. The fourth-order valence-electron chi connectivity index (χ4n) is 5.51. The van der Waals surface area contributed by atoms with Crippen molar-refractivity contribution in [2.24, 2.45) is 5.41 Å². The van der Waals surface area contributed by atoms with Gasteiger partial charge in [0.1, 0.15) is 13.2 Å². The van der Waals surface area contributed by atoms with Crippen LogP contribution in [-0.4, -0.2) is 61.1 Å². The van der Waals surface area contributed by atoms with Gasteiger partial charge in [0.25, 0.3) is 0 Å². The van der Waals surface area contributed by atoms with Gasteiger partial charge < -0.3 is 19.3 Å². The summed E-state index contributed by atoms with van der Waals surface area (Å²) in [4.78, 5) is 28.0. The normalized spacial score (nSPS) is 23.4. The molecule has 4 heterocycles. The van der Waals surface area contributed by atoms with Gasteiger partial charge in [0.15, 0.2) is 0 Å². The van der Waals surface area contributed by atoms with Gasteiger partial charge >= 0.3 is 11.9 Å². The second-order valence-electron chi connectivity index (χ2n) is 9.27. The van der Waals surface area contributed by atoms with Crippen LogP contribution in [0.2, 0.25) is 0 Å². The second-order valence-corrected chi connectivity index (χ2v) is 9.27. The molecule has 0 amide bonds. The molecule has 0 N–H and O–H groups in total. The van der Waals surface area contributed by atoms with E-state index in [4.69, 9.17) is 9.47 Å². The summed E-state index contributed by atoms with van der Waals surface area (Å²) in [5.74, 6) is -0.383. The number of piperidine rings is 2. The van der Waals surface area contributed by atoms with E-state index >= 15 is 0 Å². The molecule has 0 bridgehead atoms. The third-order valence-electron chi connectivity index (χ3n) is 7.77. The van der Waals surface area contributed by atoms with E-state index in [1.54, 1.807) is 6.08 Å². The van der Waals surface area contributed by atoms with Crippen LogP contribution in [0.15, 0.2) is 23.9 Å². The number of cyclic esters (lactones) is 2. The van der Waals surface area contributed by atoms with Crippen LogP contribution in [-0.2, 0) is 27.3 Å². The molecule has 2 fully saturated rings. The molecule has 160 valence electrons. The molecule has 4 aliphatic heterocycles. The van der Waals surface area contributed by atoms with Gasteiger partial charge in [-0.15, -0.1) is 0 Å². The Kier molecular flexibility index (Phi) is 5.05. The second kappa shape index (κ2) is 7.73. The van der Waals surface area contributed by atoms with Crippen molar-refractivity contribution in [2.75, 3.05) is 39.3 Å². The number of rotatable bonds is 4. The van der Waals surface area contributed by atoms with Crippen LogP contribution in [0.25, 0.3) is 0 Å². The lowest BCUT2D eigenvalue weighted by Gasteiger charge is -2.47. The maximum absolute atomic E-state index is 11.7. The number of carbonyl (C=O) groups is 2. The summed E-state index contributed by atoms with van der Waals surface area (Å²) in [7, 11) is 0. The Morgan fingerprint density at radius 3 is 2.40 bits per heavy atom. The van der Waals surface area contributed by atoms with Gasteiger partial charge in [-0.3, -0.25) is 0 Å². The van der Waals surface area contributed by atoms with Gasteiger partial charge in [-0.25, -0.2) is 9.59 Å². The molecule has 30 heavy (non-hydrogen) atoms. The van der Waals surface area contributed by atoms with Crippen molar-refractivity contribution in [1.82, 2.24) is 9.80 Å². The van der Waals surface area contributed by atoms with E-state index in [1.165, 1.54) is 36.8 Å². The Morgan fingerprint density at radius 1 is 0.967 bits per heavy atom. The molecule has 4 aliphatic rings. The zero-order valence-corrected chi connectivity index (χ0v) is 17.7. The minimum absolute atomic E-state index is 0.185. The van der Waals surface area contributed by atoms with Crippen LogP contribution < -0.4 is 0 Å². The number of hydrogen-bond donors (Lipinski definition) is 0. The maximum Gasteiger partial charge on any atom is 0.338 e. The van der Waals surface area contributed by atoms with Crippen molar-refractivity contribution < 1.29 is 19.1 Å². The molecule has 0 saturated carbocycles. The van der Waals surface area contributed by atoms with Crippen molar-refractivity contribution in [3.05, 3.63) is 46.2 Å². The van der Waals surface area contributed by atoms with E-state index in [0.717, 1.165) is 56.0 Å². The minimum atomic E-state index is -0.198. The zero-order valence-electron chi connectivity index (χ0n) is 17.7. The predicted molar refractivity (Wildman–Crippen MR) is 112 cm³/mol. The van der Waals surface area contributed by atoms with Gasteiger partial charge in [-0.05, 0) is 74.7 Å². The number of nitrogens with zero attached hydrogens (tertiary/aromatic N) is 2. The van der Waals surface area contributed by atoms with Crippen molar-refractivity contribution in [2.45, 2.75) is 45.6 Å². The Morgan fingerprint density at radius 2 is 1.70 bits per heavy atom. The molecule has 0 radical (unpaired) electrons. The Labute approximate surface area is 177 Å². The molecule has 6 heteroatoms. The van der Waals surface area contributed by atoms with Crippen LogP contribution in [0.4, 0.5) is 0 Å². The number of ether oxygens (including phenoxy) is 2. The summed E-state index contributed by atoms with van der Waals surface area (Å²) in [6, 6.07) is 4.04. The number of benzene rings is 1. The highest BCUT2D eigenvalue weighted by atomic mass is 16.5. The minimum Gasteiger partial charge on any atom is -0.457 e. The number of esters is 2. The van der Waals surface area contributed by atoms with E-state index in [1.807, 2.05) is 6.07 Å². The first kappa shape index (κ1) is 19.6. The van der Waals surface area contributed by atoms with Gasteiger partial charge in [0.05, 0.1) is 11.3 Å². The van der Waals surface area contributed by atoms with Crippen molar-refractivity contribution in [3.63, 3.8) is 0 Å². The maximum atomic E-state index is 11.7.